The number of morpholine rings is 1. The van der Waals surface area contributed by atoms with Gasteiger partial charge in [-0.3, -0.25) is 9.59 Å². The highest BCUT2D eigenvalue weighted by molar-refractivity contribution is 9.11. The molecule has 3 aromatic rings. The predicted octanol–water partition coefficient (Wildman–Crippen LogP) is 3.98. The largest absolute Gasteiger partial charge is 0.449 e. The smallest absolute Gasteiger partial charge is 0.291 e. The van der Waals surface area contributed by atoms with E-state index < -0.39 is 0 Å². The minimum Gasteiger partial charge on any atom is -0.449 e. The van der Waals surface area contributed by atoms with E-state index in [0.717, 1.165) is 3.79 Å². The number of ether oxygens (including phenoxy) is 1. The van der Waals surface area contributed by atoms with Crippen molar-refractivity contribution in [2.24, 2.45) is 0 Å². The Morgan fingerprint density at radius 2 is 1.88 bits per heavy atom. The van der Waals surface area contributed by atoms with Crippen molar-refractivity contribution >= 4 is 55.7 Å². The quantitative estimate of drug-likeness (QED) is 0.676. The van der Waals surface area contributed by atoms with Gasteiger partial charge in [0, 0.05) is 18.5 Å². The van der Waals surface area contributed by atoms with E-state index in [4.69, 9.17) is 9.15 Å². The van der Waals surface area contributed by atoms with Crippen LogP contribution in [0.5, 0.6) is 0 Å². The number of hydrogen-bond donors (Lipinski definition) is 1. The van der Waals surface area contributed by atoms with Crippen molar-refractivity contribution in [2.75, 3.05) is 31.6 Å². The molecule has 2 aromatic heterocycles. The molecule has 1 saturated heterocycles. The average molecular weight is 435 g/mol. The molecule has 3 heterocycles. The fourth-order valence-corrected chi connectivity index (χ4v) is 4.12. The van der Waals surface area contributed by atoms with Crippen molar-refractivity contribution in [1.29, 1.82) is 0 Å². The van der Waals surface area contributed by atoms with Gasteiger partial charge >= 0.3 is 0 Å². The van der Waals surface area contributed by atoms with E-state index in [1.807, 2.05) is 24.3 Å². The van der Waals surface area contributed by atoms with E-state index in [0.29, 0.717) is 47.8 Å². The third-order valence-electron chi connectivity index (χ3n) is 4.12. The molecule has 2 amide bonds. The van der Waals surface area contributed by atoms with Crippen molar-refractivity contribution < 1.29 is 18.7 Å². The molecule has 1 aromatic carbocycles. The molecule has 6 nitrogen and oxygen atoms in total. The summed E-state index contributed by atoms with van der Waals surface area (Å²) in [7, 11) is 0. The molecule has 1 fully saturated rings. The molecule has 0 saturated carbocycles. The highest BCUT2D eigenvalue weighted by Crippen LogP contribution is 2.33. The maximum Gasteiger partial charge on any atom is 0.291 e. The van der Waals surface area contributed by atoms with Gasteiger partial charge in [0.25, 0.3) is 11.8 Å². The number of hydrogen-bond acceptors (Lipinski definition) is 5. The summed E-state index contributed by atoms with van der Waals surface area (Å²) in [5.41, 5.74) is 0.971. The van der Waals surface area contributed by atoms with Gasteiger partial charge in [0.2, 0.25) is 5.76 Å². The monoisotopic (exact) mass is 434 g/mol. The highest BCUT2D eigenvalue weighted by atomic mass is 79.9. The molecule has 0 bridgehead atoms. The van der Waals surface area contributed by atoms with Gasteiger partial charge in [-0.25, -0.2) is 0 Å². The van der Waals surface area contributed by atoms with Gasteiger partial charge in [0.05, 0.1) is 21.9 Å². The number of halogens is 1. The molecule has 134 valence electrons. The molecule has 0 atom stereocenters. The zero-order chi connectivity index (χ0) is 18.1. The summed E-state index contributed by atoms with van der Waals surface area (Å²) in [6.07, 6.45) is 0. The molecule has 1 N–H and O–H groups in total. The minimum atomic E-state index is -0.275. The third kappa shape index (κ3) is 3.27. The Morgan fingerprint density at radius 3 is 2.62 bits per heavy atom. The SMILES string of the molecule is O=C(Nc1c(C(=O)N2CCOCC2)oc2ccccc12)c1ccc(Br)s1. The van der Waals surface area contributed by atoms with Gasteiger partial charge in [-0.15, -0.1) is 11.3 Å². The number of rotatable bonds is 3. The van der Waals surface area contributed by atoms with Gasteiger partial charge in [0.15, 0.2) is 0 Å². The van der Waals surface area contributed by atoms with Crippen molar-refractivity contribution in [3.8, 4) is 0 Å². The summed E-state index contributed by atoms with van der Waals surface area (Å²) >= 11 is 4.68. The molecule has 0 spiro atoms. The van der Waals surface area contributed by atoms with Gasteiger partial charge < -0.3 is 19.4 Å². The molecule has 26 heavy (non-hydrogen) atoms. The van der Waals surface area contributed by atoms with E-state index in [2.05, 4.69) is 21.2 Å². The zero-order valence-corrected chi connectivity index (χ0v) is 16.1. The number of carbonyl (C=O) groups excluding carboxylic acids is 2. The van der Waals surface area contributed by atoms with E-state index in [1.165, 1.54) is 11.3 Å². The van der Waals surface area contributed by atoms with Crippen LogP contribution in [0.1, 0.15) is 20.2 Å². The van der Waals surface area contributed by atoms with Crippen LogP contribution in [0, 0.1) is 0 Å². The summed E-state index contributed by atoms with van der Waals surface area (Å²) in [5.74, 6) is -0.368. The topological polar surface area (TPSA) is 71.8 Å². The first-order chi connectivity index (χ1) is 12.6. The molecular weight excluding hydrogens is 420 g/mol. The predicted molar refractivity (Wildman–Crippen MR) is 103 cm³/mol. The second-order valence-corrected chi connectivity index (χ2v) is 8.23. The molecular formula is C18H15BrN2O4S. The Kier molecular flexibility index (Phi) is 4.80. The Labute approximate surface area is 161 Å². The van der Waals surface area contributed by atoms with E-state index in [9.17, 15) is 9.59 Å². The Morgan fingerprint density at radius 1 is 1.12 bits per heavy atom. The fraction of sp³-hybridized carbons (Fsp3) is 0.222. The first kappa shape index (κ1) is 17.3. The maximum atomic E-state index is 12.9. The summed E-state index contributed by atoms with van der Waals surface area (Å²) in [6.45, 7) is 2.00. The molecule has 1 aliphatic rings. The first-order valence-electron chi connectivity index (χ1n) is 8.09. The molecule has 0 radical (unpaired) electrons. The Balaban J connectivity index is 1.71. The Bertz CT molecular complexity index is 975. The lowest BCUT2D eigenvalue weighted by molar-refractivity contribution is 0.0285. The number of benzene rings is 1. The highest BCUT2D eigenvalue weighted by Gasteiger charge is 2.27. The van der Waals surface area contributed by atoms with Gasteiger partial charge in [-0.2, -0.15) is 0 Å². The van der Waals surface area contributed by atoms with Crippen LogP contribution in [0.4, 0.5) is 5.69 Å². The number of anilines is 1. The average Bonchev–Trinajstić information content (AvgIpc) is 3.26. The van der Waals surface area contributed by atoms with Crippen LogP contribution >= 0.6 is 27.3 Å². The fourth-order valence-electron chi connectivity index (χ4n) is 2.84. The Hall–Kier alpha value is -2.16. The van der Waals surface area contributed by atoms with Crippen molar-refractivity contribution in [1.82, 2.24) is 4.90 Å². The first-order valence-corrected chi connectivity index (χ1v) is 9.69. The maximum absolute atomic E-state index is 12.9. The molecule has 1 aliphatic heterocycles. The van der Waals surface area contributed by atoms with Crippen LogP contribution in [-0.2, 0) is 4.74 Å². The van der Waals surface area contributed by atoms with Crippen molar-refractivity contribution in [3.63, 3.8) is 0 Å². The van der Waals surface area contributed by atoms with Crippen LogP contribution < -0.4 is 5.32 Å². The van der Waals surface area contributed by atoms with Gasteiger partial charge in [0.1, 0.15) is 11.3 Å². The number of nitrogens with zero attached hydrogens (tertiary/aromatic N) is 1. The number of carbonyl (C=O) groups is 2. The lowest BCUT2D eigenvalue weighted by Crippen LogP contribution is -2.40. The lowest BCUT2D eigenvalue weighted by atomic mass is 10.2. The van der Waals surface area contributed by atoms with Gasteiger partial charge in [-0.1, -0.05) is 12.1 Å². The van der Waals surface area contributed by atoms with Crippen LogP contribution in [-0.4, -0.2) is 43.0 Å². The number of amides is 2. The lowest BCUT2D eigenvalue weighted by Gasteiger charge is -2.26. The summed E-state index contributed by atoms with van der Waals surface area (Å²) < 4.78 is 12.0. The molecule has 0 unspecified atom stereocenters. The summed E-state index contributed by atoms with van der Waals surface area (Å²) in [5, 5.41) is 3.56. The summed E-state index contributed by atoms with van der Waals surface area (Å²) in [6, 6.07) is 10.8. The molecule has 8 heteroatoms. The zero-order valence-electron chi connectivity index (χ0n) is 13.7. The number of nitrogens with one attached hydrogen (secondary N) is 1. The summed E-state index contributed by atoms with van der Waals surface area (Å²) in [4.78, 5) is 27.8. The number of thiophene rings is 1. The number of furan rings is 1. The van der Waals surface area contributed by atoms with E-state index in [1.54, 1.807) is 17.0 Å². The second-order valence-electron chi connectivity index (χ2n) is 5.76. The number of para-hydroxylation sites is 1. The second kappa shape index (κ2) is 7.22. The van der Waals surface area contributed by atoms with Crippen LogP contribution in [0.25, 0.3) is 11.0 Å². The molecule has 4 rings (SSSR count). The normalized spacial score (nSPS) is 14.6. The third-order valence-corrected chi connectivity index (χ3v) is 5.75. The van der Waals surface area contributed by atoms with E-state index >= 15 is 0 Å². The van der Waals surface area contributed by atoms with Crippen LogP contribution in [0.15, 0.2) is 44.6 Å². The number of fused-ring (bicyclic) bond motifs is 1. The van der Waals surface area contributed by atoms with Gasteiger partial charge in [-0.05, 0) is 40.2 Å². The van der Waals surface area contributed by atoms with Crippen LogP contribution in [0.2, 0.25) is 0 Å². The van der Waals surface area contributed by atoms with Crippen LogP contribution in [0.3, 0.4) is 0 Å². The minimum absolute atomic E-state index is 0.150. The van der Waals surface area contributed by atoms with Crippen molar-refractivity contribution in [2.45, 2.75) is 0 Å². The standard InChI is InChI=1S/C18H15BrN2O4S/c19-14-6-5-13(26-14)17(22)20-15-11-3-1-2-4-12(11)25-16(15)18(23)21-7-9-24-10-8-21/h1-6H,7-10H2,(H,20,22). The molecule has 0 aliphatic carbocycles. The van der Waals surface area contributed by atoms with Crippen molar-refractivity contribution in [3.05, 3.63) is 50.8 Å². The van der Waals surface area contributed by atoms with E-state index in [-0.39, 0.29) is 17.6 Å².